The summed E-state index contributed by atoms with van der Waals surface area (Å²) in [4.78, 5) is 25.3. The van der Waals surface area contributed by atoms with Crippen molar-refractivity contribution in [2.75, 3.05) is 0 Å². The highest BCUT2D eigenvalue weighted by Gasteiger charge is 2.21. The van der Waals surface area contributed by atoms with E-state index >= 15 is 0 Å². The second kappa shape index (κ2) is 8.23. The lowest BCUT2D eigenvalue weighted by atomic mass is 10.0. The third-order valence-corrected chi connectivity index (χ3v) is 4.95. The van der Waals surface area contributed by atoms with Gasteiger partial charge in [0.25, 0.3) is 5.91 Å². The number of aromatic nitrogens is 1. The van der Waals surface area contributed by atoms with Gasteiger partial charge in [0, 0.05) is 22.9 Å². The fourth-order valence-corrected chi connectivity index (χ4v) is 3.37. The number of phenolic OH excluding ortho intramolecular Hbond substituents is 1. The van der Waals surface area contributed by atoms with Gasteiger partial charge in [-0.15, -0.1) is 0 Å². The van der Waals surface area contributed by atoms with Crippen LogP contribution in [0.25, 0.3) is 5.52 Å². The second-order valence-corrected chi connectivity index (χ2v) is 6.93. The molecule has 0 spiro atoms. The molecule has 0 bridgehead atoms. The van der Waals surface area contributed by atoms with Crippen molar-refractivity contribution in [2.24, 2.45) is 5.10 Å². The van der Waals surface area contributed by atoms with Crippen LogP contribution in [0.4, 0.5) is 4.39 Å². The largest absolute Gasteiger partial charge is 0.508 e. The number of carbonyl (C=O) groups excluding carboxylic acids is 2. The molecule has 0 saturated heterocycles. The number of fused-ring (bicyclic) bond motifs is 1. The van der Waals surface area contributed by atoms with Crippen LogP contribution in [0.1, 0.15) is 37.5 Å². The summed E-state index contributed by atoms with van der Waals surface area (Å²) in [6.07, 6.45) is 3.26. The number of hydrogen-bond acceptors (Lipinski definition) is 4. The first-order chi connectivity index (χ1) is 15.0. The van der Waals surface area contributed by atoms with Crippen molar-refractivity contribution in [3.05, 3.63) is 107 Å². The van der Waals surface area contributed by atoms with Crippen molar-refractivity contribution in [1.29, 1.82) is 0 Å². The van der Waals surface area contributed by atoms with Gasteiger partial charge in [-0.05, 0) is 73.2 Å². The Morgan fingerprint density at radius 3 is 2.39 bits per heavy atom. The lowest BCUT2D eigenvalue weighted by molar-refractivity contribution is 0.0954. The van der Waals surface area contributed by atoms with Crippen LogP contribution in [0, 0.1) is 12.7 Å². The van der Waals surface area contributed by atoms with Crippen molar-refractivity contribution >= 4 is 23.4 Å². The van der Waals surface area contributed by atoms with E-state index in [1.807, 2.05) is 12.1 Å². The van der Waals surface area contributed by atoms with Crippen LogP contribution in [-0.2, 0) is 0 Å². The van der Waals surface area contributed by atoms with Crippen LogP contribution in [0.3, 0.4) is 0 Å². The fourth-order valence-electron chi connectivity index (χ4n) is 3.37. The number of hydrogen-bond donors (Lipinski definition) is 2. The number of pyridine rings is 1. The van der Waals surface area contributed by atoms with Crippen molar-refractivity contribution in [3.63, 3.8) is 0 Å². The molecule has 4 aromatic rings. The minimum absolute atomic E-state index is 0.0642. The number of nitrogens with zero attached hydrogens (tertiary/aromatic N) is 2. The summed E-state index contributed by atoms with van der Waals surface area (Å²) in [7, 11) is 0. The van der Waals surface area contributed by atoms with Gasteiger partial charge in [-0.25, -0.2) is 9.82 Å². The third-order valence-electron chi connectivity index (χ3n) is 4.95. The number of rotatable bonds is 5. The molecule has 0 aliphatic rings. The number of amides is 1. The summed E-state index contributed by atoms with van der Waals surface area (Å²) in [5.41, 5.74) is 5.71. The lowest BCUT2D eigenvalue weighted by Crippen LogP contribution is -2.17. The summed E-state index contributed by atoms with van der Waals surface area (Å²) < 4.78 is 15.0. The molecule has 154 valence electrons. The van der Waals surface area contributed by atoms with E-state index in [0.717, 1.165) is 5.52 Å². The van der Waals surface area contributed by atoms with Gasteiger partial charge in [-0.2, -0.15) is 5.10 Å². The van der Waals surface area contributed by atoms with E-state index in [4.69, 9.17) is 0 Å². The summed E-state index contributed by atoms with van der Waals surface area (Å²) in [6.45, 7) is 1.80. The van der Waals surface area contributed by atoms with Gasteiger partial charge in [0.15, 0.2) is 0 Å². The molecule has 2 aromatic heterocycles. The van der Waals surface area contributed by atoms with Crippen LogP contribution in [0.5, 0.6) is 5.75 Å². The Morgan fingerprint density at radius 2 is 1.68 bits per heavy atom. The quantitative estimate of drug-likeness (QED) is 0.293. The predicted octanol–water partition coefficient (Wildman–Crippen LogP) is 4.09. The average molecular weight is 415 g/mol. The highest BCUT2D eigenvalue weighted by molar-refractivity contribution is 6.12. The van der Waals surface area contributed by atoms with Crippen molar-refractivity contribution in [2.45, 2.75) is 6.92 Å². The van der Waals surface area contributed by atoms with E-state index in [2.05, 4.69) is 10.5 Å². The van der Waals surface area contributed by atoms with Gasteiger partial charge in [-0.1, -0.05) is 6.07 Å². The molecule has 2 aromatic carbocycles. The Balaban J connectivity index is 1.67. The molecule has 1 amide bonds. The summed E-state index contributed by atoms with van der Waals surface area (Å²) in [6, 6.07) is 16.7. The topological polar surface area (TPSA) is 83.2 Å². The van der Waals surface area contributed by atoms with Crippen LogP contribution in [-0.4, -0.2) is 27.4 Å². The van der Waals surface area contributed by atoms with E-state index in [0.29, 0.717) is 27.9 Å². The van der Waals surface area contributed by atoms with Gasteiger partial charge in [0.1, 0.15) is 11.6 Å². The highest BCUT2D eigenvalue weighted by atomic mass is 19.1. The van der Waals surface area contributed by atoms with Crippen LogP contribution in [0.2, 0.25) is 0 Å². The van der Waals surface area contributed by atoms with Crippen molar-refractivity contribution < 1.29 is 19.1 Å². The summed E-state index contributed by atoms with van der Waals surface area (Å²) >= 11 is 0. The van der Waals surface area contributed by atoms with Gasteiger partial charge < -0.3 is 9.51 Å². The van der Waals surface area contributed by atoms with E-state index < -0.39 is 11.7 Å². The molecule has 31 heavy (non-hydrogen) atoms. The van der Waals surface area contributed by atoms with Crippen LogP contribution in [0.15, 0.2) is 78.0 Å². The SMILES string of the molecule is Cc1c(/C=N/NC(=O)c2ccc(O)cc2)c2ccccn2c1C(=O)c1ccc(F)cc1. The van der Waals surface area contributed by atoms with Crippen molar-refractivity contribution in [3.8, 4) is 5.75 Å². The first-order valence-corrected chi connectivity index (χ1v) is 9.48. The smallest absolute Gasteiger partial charge is 0.271 e. The number of halogens is 1. The molecule has 0 atom stereocenters. The Kier molecular flexibility index (Phi) is 5.32. The molecule has 2 N–H and O–H groups in total. The molecule has 6 nitrogen and oxygen atoms in total. The maximum absolute atomic E-state index is 13.3. The van der Waals surface area contributed by atoms with E-state index in [9.17, 15) is 19.1 Å². The zero-order chi connectivity index (χ0) is 22.0. The zero-order valence-corrected chi connectivity index (χ0v) is 16.5. The molecular weight excluding hydrogens is 397 g/mol. The molecule has 2 heterocycles. The van der Waals surface area contributed by atoms with Gasteiger partial charge in [-0.3, -0.25) is 9.59 Å². The first-order valence-electron chi connectivity index (χ1n) is 9.48. The number of hydrazone groups is 1. The number of aromatic hydroxyl groups is 1. The Bertz CT molecular complexity index is 1310. The van der Waals surface area contributed by atoms with Gasteiger partial charge in [0.2, 0.25) is 5.78 Å². The number of ketones is 1. The normalized spacial score (nSPS) is 11.2. The number of phenols is 1. The third kappa shape index (κ3) is 3.93. The minimum atomic E-state index is -0.431. The molecule has 0 unspecified atom stereocenters. The maximum Gasteiger partial charge on any atom is 0.271 e. The number of carbonyl (C=O) groups is 2. The lowest BCUT2D eigenvalue weighted by Gasteiger charge is -2.04. The molecule has 0 aliphatic carbocycles. The first kappa shape index (κ1) is 20.0. The van der Waals surface area contributed by atoms with Crippen LogP contribution >= 0.6 is 0 Å². The Labute approximate surface area is 177 Å². The number of benzene rings is 2. The van der Waals surface area contributed by atoms with E-state index in [-0.39, 0.29) is 11.5 Å². The zero-order valence-electron chi connectivity index (χ0n) is 16.5. The Morgan fingerprint density at radius 1 is 1.00 bits per heavy atom. The molecule has 7 heteroatoms. The maximum atomic E-state index is 13.3. The molecule has 0 saturated carbocycles. The standard InChI is InChI=1S/C24H18FN3O3/c1-15-20(14-26-27-24(31)17-7-11-19(29)12-8-17)21-4-2-3-13-28(21)22(15)23(30)16-5-9-18(25)10-6-16/h2-14,29H,1H3,(H,27,31)/b26-14+. The molecule has 4 rings (SSSR count). The average Bonchev–Trinajstić information content (AvgIpc) is 3.05. The molecule has 0 fully saturated rings. The fraction of sp³-hybridized carbons (Fsp3) is 0.0417. The monoisotopic (exact) mass is 415 g/mol. The van der Waals surface area contributed by atoms with Gasteiger partial charge >= 0.3 is 0 Å². The van der Waals surface area contributed by atoms with E-state index in [1.165, 1.54) is 54.7 Å². The Hall–Kier alpha value is -4.26. The molecule has 0 aliphatic heterocycles. The van der Waals surface area contributed by atoms with E-state index in [1.54, 1.807) is 23.6 Å². The second-order valence-electron chi connectivity index (χ2n) is 6.93. The number of nitrogens with one attached hydrogen (secondary N) is 1. The summed E-state index contributed by atoms with van der Waals surface area (Å²) in [5, 5.41) is 13.4. The highest BCUT2D eigenvalue weighted by Crippen LogP contribution is 2.24. The molecular formula is C24H18FN3O3. The molecule has 0 radical (unpaired) electrons. The van der Waals surface area contributed by atoms with Crippen molar-refractivity contribution in [1.82, 2.24) is 9.83 Å². The van der Waals surface area contributed by atoms with Gasteiger partial charge in [0.05, 0.1) is 17.4 Å². The van der Waals surface area contributed by atoms with Crippen LogP contribution < -0.4 is 5.43 Å². The summed E-state index contributed by atoms with van der Waals surface area (Å²) in [5.74, 6) is -1.02. The minimum Gasteiger partial charge on any atom is -0.508 e. The predicted molar refractivity (Wildman–Crippen MR) is 115 cm³/mol.